The lowest BCUT2D eigenvalue weighted by molar-refractivity contribution is -0.152. The number of fused-ring (bicyclic) bond motifs is 1. The summed E-state index contributed by atoms with van der Waals surface area (Å²) in [6.45, 7) is 4.10. The molecule has 2 amide bonds. The summed E-state index contributed by atoms with van der Waals surface area (Å²) in [5.41, 5.74) is 0. The Morgan fingerprint density at radius 1 is 1.23 bits per heavy atom. The van der Waals surface area contributed by atoms with Crippen LogP contribution in [0.1, 0.15) is 19.8 Å². The van der Waals surface area contributed by atoms with E-state index in [2.05, 4.69) is 0 Å². The summed E-state index contributed by atoms with van der Waals surface area (Å²) in [6, 6.07) is 5.59. The smallest absolute Gasteiger partial charge is 0.310 e. The number of likely N-dealkylation sites (N-methyl/N-ethyl adjacent to an activating group) is 1. The zero-order chi connectivity index (χ0) is 21.5. The molecule has 2 aliphatic rings. The highest BCUT2D eigenvalue weighted by molar-refractivity contribution is 8.00. The summed E-state index contributed by atoms with van der Waals surface area (Å²) in [6.07, 6.45) is 1.48. The van der Waals surface area contributed by atoms with Gasteiger partial charge in [-0.15, -0.1) is 11.8 Å². The van der Waals surface area contributed by atoms with Gasteiger partial charge in [0.05, 0.1) is 24.8 Å². The van der Waals surface area contributed by atoms with Crippen LogP contribution in [0.5, 0.6) is 11.5 Å². The van der Waals surface area contributed by atoms with Crippen molar-refractivity contribution in [3.8, 4) is 11.5 Å². The van der Waals surface area contributed by atoms with Gasteiger partial charge in [0.2, 0.25) is 11.8 Å². The van der Waals surface area contributed by atoms with E-state index >= 15 is 0 Å². The van der Waals surface area contributed by atoms with Gasteiger partial charge in [-0.05, 0) is 38.0 Å². The molecule has 1 saturated heterocycles. The van der Waals surface area contributed by atoms with E-state index in [1.807, 2.05) is 18.2 Å². The molecule has 0 radical (unpaired) electrons. The van der Waals surface area contributed by atoms with Gasteiger partial charge in [0.25, 0.3) is 0 Å². The number of carbonyl (C=O) groups excluding carboxylic acids is 3. The number of hydrogen-bond acceptors (Lipinski definition) is 7. The zero-order valence-electron chi connectivity index (χ0n) is 17.4. The number of hydrogen-bond donors (Lipinski definition) is 0. The highest BCUT2D eigenvalue weighted by atomic mass is 32.2. The molecular weight excluding hydrogens is 408 g/mol. The van der Waals surface area contributed by atoms with Crippen LogP contribution in [0.2, 0.25) is 0 Å². The first-order chi connectivity index (χ1) is 14.5. The molecule has 0 aromatic heterocycles. The van der Waals surface area contributed by atoms with Crippen LogP contribution in [0.25, 0.3) is 0 Å². The molecule has 3 rings (SSSR count). The molecule has 1 aromatic rings. The number of amides is 2. The first-order valence-corrected chi connectivity index (χ1v) is 11.2. The fourth-order valence-electron chi connectivity index (χ4n) is 3.42. The predicted molar refractivity (Wildman–Crippen MR) is 112 cm³/mol. The van der Waals surface area contributed by atoms with Gasteiger partial charge in [-0.3, -0.25) is 14.4 Å². The van der Waals surface area contributed by atoms with Crippen LogP contribution in [-0.2, 0) is 19.1 Å². The summed E-state index contributed by atoms with van der Waals surface area (Å²) in [7, 11) is 1.62. The minimum atomic E-state index is -0.283. The molecule has 0 spiro atoms. The van der Waals surface area contributed by atoms with Crippen molar-refractivity contribution < 1.29 is 28.6 Å². The molecule has 2 heterocycles. The fourth-order valence-corrected chi connectivity index (χ4v) is 4.28. The average Bonchev–Trinajstić information content (AvgIpc) is 2.77. The third-order valence-electron chi connectivity index (χ3n) is 5.07. The van der Waals surface area contributed by atoms with Crippen LogP contribution in [0.4, 0.5) is 0 Å². The van der Waals surface area contributed by atoms with E-state index in [1.165, 1.54) is 16.7 Å². The number of thioether (sulfide) groups is 1. The van der Waals surface area contributed by atoms with Crippen molar-refractivity contribution in [3.05, 3.63) is 18.2 Å². The van der Waals surface area contributed by atoms with Crippen LogP contribution >= 0.6 is 11.8 Å². The van der Waals surface area contributed by atoms with E-state index in [0.717, 1.165) is 17.7 Å². The van der Waals surface area contributed by atoms with Gasteiger partial charge >= 0.3 is 5.97 Å². The van der Waals surface area contributed by atoms with Gasteiger partial charge in [-0.2, -0.15) is 0 Å². The Hall–Kier alpha value is -2.42. The number of nitrogens with zero attached hydrogens (tertiary/aromatic N) is 2. The van der Waals surface area contributed by atoms with E-state index < -0.39 is 0 Å². The van der Waals surface area contributed by atoms with Crippen molar-refractivity contribution in [3.63, 3.8) is 0 Å². The number of benzene rings is 1. The number of ether oxygens (including phenoxy) is 3. The van der Waals surface area contributed by atoms with Crippen molar-refractivity contribution in [2.45, 2.75) is 24.7 Å². The standard InChI is InChI=1S/C21H28N2O6S/c1-3-27-21(26)15-5-4-8-23(12-15)19(24)13-22(2)20(25)14-30-16-6-7-17-18(11-16)29-10-9-28-17/h6-7,11,15H,3-5,8-10,12-14H2,1-2H3. The highest BCUT2D eigenvalue weighted by Crippen LogP contribution is 2.34. The number of rotatable bonds is 7. The summed E-state index contributed by atoms with van der Waals surface area (Å²) < 4.78 is 16.1. The number of piperidine rings is 1. The summed E-state index contributed by atoms with van der Waals surface area (Å²) in [5, 5.41) is 0. The SMILES string of the molecule is CCOC(=O)C1CCCN(C(=O)CN(C)C(=O)CSc2ccc3c(c2)OCCO3)C1. The molecule has 9 heteroatoms. The van der Waals surface area contributed by atoms with Gasteiger partial charge < -0.3 is 24.0 Å². The molecular formula is C21H28N2O6S. The number of carbonyl (C=O) groups is 3. The second kappa shape index (κ2) is 10.6. The van der Waals surface area contributed by atoms with Crippen LogP contribution < -0.4 is 9.47 Å². The van der Waals surface area contributed by atoms with E-state index in [1.54, 1.807) is 18.9 Å². The maximum Gasteiger partial charge on any atom is 0.310 e. The van der Waals surface area contributed by atoms with Gasteiger partial charge in [0.1, 0.15) is 13.2 Å². The normalized spacial score (nSPS) is 17.9. The third-order valence-corrected chi connectivity index (χ3v) is 6.05. The quantitative estimate of drug-likeness (QED) is 0.476. The van der Waals surface area contributed by atoms with E-state index in [0.29, 0.717) is 44.4 Å². The van der Waals surface area contributed by atoms with E-state index in [4.69, 9.17) is 14.2 Å². The molecule has 0 N–H and O–H groups in total. The Kier molecular flexibility index (Phi) is 7.84. The average molecular weight is 437 g/mol. The minimum absolute atomic E-state index is 0.00389. The van der Waals surface area contributed by atoms with Crippen molar-refractivity contribution in [1.82, 2.24) is 9.80 Å². The largest absolute Gasteiger partial charge is 0.486 e. The first kappa shape index (κ1) is 22.3. The molecule has 1 aromatic carbocycles. The maximum atomic E-state index is 12.6. The molecule has 1 fully saturated rings. The Labute approximate surface area is 180 Å². The molecule has 30 heavy (non-hydrogen) atoms. The molecule has 164 valence electrons. The molecule has 0 saturated carbocycles. The van der Waals surface area contributed by atoms with Gasteiger partial charge in [0, 0.05) is 25.0 Å². The minimum Gasteiger partial charge on any atom is -0.486 e. The topological polar surface area (TPSA) is 85.4 Å². The second-order valence-electron chi connectivity index (χ2n) is 7.27. The van der Waals surface area contributed by atoms with E-state index in [9.17, 15) is 14.4 Å². The monoisotopic (exact) mass is 436 g/mol. The lowest BCUT2D eigenvalue weighted by atomic mass is 9.98. The van der Waals surface area contributed by atoms with Gasteiger partial charge in [0.15, 0.2) is 11.5 Å². The number of likely N-dealkylation sites (tertiary alicyclic amines) is 1. The summed E-state index contributed by atoms with van der Waals surface area (Å²) in [4.78, 5) is 41.1. The van der Waals surface area contributed by atoms with Crippen LogP contribution in [0.3, 0.4) is 0 Å². The molecule has 2 aliphatic heterocycles. The van der Waals surface area contributed by atoms with Crippen LogP contribution in [0, 0.1) is 5.92 Å². The van der Waals surface area contributed by atoms with Crippen LogP contribution in [0.15, 0.2) is 23.1 Å². The molecule has 8 nitrogen and oxygen atoms in total. The van der Waals surface area contributed by atoms with Gasteiger partial charge in [-0.1, -0.05) is 0 Å². The third kappa shape index (κ3) is 5.81. The lowest BCUT2D eigenvalue weighted by Crippen LogP contribution is -2.47. The lowest BCUT2D eigenvalue weighted by Gasteiger charge is -2.32. The van der Waals surface area contributed by atoms with Crippen LogP contribution in [-0.4, -0.2) is 79.8 Å². The van der Waals surface area contributed by atoms with Crippen molar-refractivity contribution in [2.75, 3.05) is 52.3 Å². The molecule has 1 atom stereocenters. The Morgan fingerprint density at radius 3 is 2.77 bits per heavy atom. The predicted octanol–water partition coefficient (Wildman–Crippen LogP) is 1.81. The summed E-state index contributed by atoms with van der Waals surface area (Å²) in [5.74, 6) is 0.788. The molecule has 1 unspecified atom stereocenters. The van der Waals surface area contributed by atoms with Crippen molar-refractivity contribution >= 4 is 29.5 Å². The second-order valence-corrected chi connectivity index (χ2v) is 8.32. The Bertz CT molecular complexity index is 787. The molecule has 0 bridgehead atoms. The Balaban J connectivity index is 1.46. The van der Waals surface area contributed by atoms with E-state index in [-0.39, 0.29) is 36.0 Å². The fraction of sp³-hybridized carbons (Fsp3) is 0.571. The first-order valence-electron chi connectivity index (χ1n) is 10.2. The van der Waals surface area contributed by atoms with Crippen molar-refractivity contribution in [2.24, 2.45) is 5.92 Å². The number of esters is 1. The zero-order valence-corrected chi connectivity index (χ0v) is 18.2. The maximum absolute atomic E-state index is 12.6. The van der Waals surface area contributed by atoms with Crippen molar-refractivity contribution in [1.29, 1.82) is 0 Å². The van der Waals surface area contributed by atoms with Gasteiger partial charge in [-0.25, -0.2) is 0 Å². The summed E-state index contributed by atoms with van der Waals surface area (Å²) >= 11 is 1.39. The Morgan fingerprint density at radius 2 is 2.00 bits per heavy atom. The molecule has 0 aliphatic carbocycles. The highest BCUT2D eigenvalue weighted by Gasteiger charge is 2.30.